The Kier molecular flexibility index (Phi) is 5.49. The van der Waals surface area contributed by atoms with Crippen molar-refractivity contribution < 1.29 is 0 Å². The average Bonchev–Trinajstić information content (AvgIpc) is 2.48. The van der Waals surface area contributed by atoms with Crippen LogP contribution in [0.25, 0.3) is 0 Å². The van der Waals surface area contributed by atoms with Gasteiger partial charge in [0.1, 0.15) is 0 Å². The van der Waals surface area contributed by atoms with Crippen LogP contribution < -0.4 is 0 Å². The van der Waals surface area contributed by atoms with Gasteiger partial charge in [-0.2, -0.15) is 0 Å². The van der Waals surface area contributed by atoms with Crippen molar-refractivity contribution in [3.05, 3.63) is 59.2 Å². The molecule has 2 rings (SSSR count). The van der Waals surface area contributed by atoms with Gasteiger partial charge in [-0.25, -0.2) is 0 Å². The third-order valence-corrected chi connectivity index (χ3v) is 4.31. The van der Waals surface area contributed by atoms with Gasteiger partial charge < -0.3 is 0 Å². The van der Waals surface area contributed by atoms with Gasteiger partial charge >= 0.3 is 0 Å². The summed E-state index contributed by atoms with van der Waals surface area (Å²) in [5, 5.41) is 0. The lowest BCUT2D eigenvalue weighted by Gasteiger charge is -2.16. The maximum atomic E-state index is 4.54. The summed E-state index contributed by atoms with van der Waals surface area (Å²) >= 11 is 0. The molecule has 0 bridgehead atoms. The Morgan fingerprint density at radius 3 is 1.62 bits per heavy atom. The molecule has 0 aliphatic carbocycles. The second kappa shape index (κ2) is 7.35. The number of aromatic nitrogens is 2. The van der Waals surface area contributed by atoms with E-state index in [1.807, 2.05) is 24.5 Å². The summed E-state index contributed by atoms with van der Waals surface area (Å²) in [7, 11) is 0. The van der Waals surface area contributed by atoms with E-state index in [9.17, 15) is 0 Å². The van der Waals surface area contributed by atoms with Crippen LogP contribution in [-0.2, 0) is 0 Å². The summed E-state index contributed by atoms with van der Waals surface area (Å²) in [5.41, 5.74) is 5.11. The fourth-order valence-electron chi connectivity index (χ4n) is 3.03. The number of hydrogen-bond donors (Lipinski definition) is 0. The quantitative estimate of drug-likeness (QED) is 0.730. The van der Waals surface area contributed by atoms with Crippen molar-refractivity contribution in [3.8, 4) is 0 Å². The standard InChI is InChI=1S/C19H26N2/c1-14(18-16(3)10-6-12-20-18)8-5-9-15(2)19-17(4)11-7-13-21-19/h6-7,10-15H,5,8-9H2,1-4H3. The van der Waals surface area contributed by atoms with Crippen LogP contribution in [0, 0.1) is 13.8 Å². The minimum absolute atomic E-state index is 0.531. The molecule has 0 N–H and O–H groups in total. The van der Waals surface area contributed by atoms with Crippen LogP contribution in [0.2, 0.25) is 0 Å². The molecule has 0 aromatic carbocycles. The average molecular weight is 282 g/mol. The lowest BCUT2D eigenvalue weighted by atomic mass is 9.92. The first kappa shape index (κ1) is 15.7. The highest BCUT2D eigenvalue weighted by Crippen LogP contribution is 2.27. The summed E-state index contributed by atoms with van der Waals surface area (Å²) in [6, 6.07) is 8.33. The Labute approximate surface area is 128 Å². The topological polar surface area (TPSA) is 25.8 Å². The van der Waals surface area contributed by atoms with Crippen LogP contribution in [-0.4, -0.2) is 9.97 Å². The van der Waals surface area contributed by atoms with Crippen LogP contribution in [0.5, 0.6) is 0 Å². The van der Waals surface area contributed by atoms with Crippen molar-refractivity contribution in [3.63, 3.8) is 0 Å². The Morgan fingerprint density at radius 2 is 1.24 bits per heavy atom. The van der Waals surface area contributed by atoms with Crippen molar-refractivity contribution in [2.45, 2.75) is 58.8 Å². The normalized spacial score (nSPS) is 13.9. The Morgan fingerprint density at radius 1 is 0.810 bits per heavy atom. The molecule has 2 heteroatoms. The zero-order valence-electron chi connectivity index (χ0n) is 13.6. The van der Waals surface area contributed by atoms with Crippen molar-refractivity contribution in [2.75, 3.05) is 0 Å². The lowest BCUT2D eigenvalue weighted by Crippen LogP contribution is -2.03. The number of nitrogens with zero attached hydrogens (tertiary/aromatic N) is 2. The highest BCUT2D eigenvalue weighted by atomic mass is 14.7. The third kappa shape index (κ3) is 4.13. The maximum Gasteiger partial charge on any atom is 0.0460 e. The van der Waals surface area contributed by atoms with Gasteiger partial charge in [-0.05, 0) is 61.8 Å². The van der Waals surface area contributed by atoms with Crippen LogP contribution in [0.1, 0.15) is 67.5 Å². The van der Waals surface area contributed by atoms with E-state index in [2.05, 4.69) is 49.8 Å². The van der Waals surface area contributed by atoms with E-state index in [0.29, 0.717) is 11.8 Å². The minimum atomic E-state index is 0.531. The van der Waals surface area contributed by atoms with Crippen LogP contribution in [0.4, 0.5) is 0 Å². The van der Waals surface area contributed by atoms with Gasteiger partial charge in [0, 0.05) is 23.8 Å². The lowest BCUT2D eigenvalue weighted by molar-refractivity contribution is 0.545. The first-order chi connectivity index (χ1) is 10.1. The van der Waals surface area contributed by atoms with Crippen molar-refractivity contribution in [1.29, 1.82) is 0 Å². The first-order valence-electron chi connectivity index (χ1n) is 7.92. The molecule has 2 heterocycles. The third-order valence-electron chi connectivity index (χ3n) is 4.31. The molecule has 112 valence electrons. The summed E-state index contributed by atoms with van der Waals surface area (Å²) in [6.07, 6.45) is 7.40. The van der Waals surface area contributed by atoms with Crippen molar-refractivity contribution in [1.82, 2.24) is 9.97 Å². The van der Waals surface area contributed by atoms with E-state index in [1.54, 1.807) is 0 Å². The molecule has 21 heavy (non-hydrogen) atoms. The van der Waals surface area contributed by atoms with E-state index in [0.717, 1.165) is 0 Å². The maximum absolute atomic E-state index is 4.54. The van der Waals surface area contributed by atoms with Gasteiger partial charge in [0.2, 0.25) is 0 Å². The number of pyridine rings is 2. The van der Waals surface area contributed by atoms with Gasteiger partial charge in [0.25, 0.3) is 0 Å². The second-order valence-corrected chi connectivity index (χ2v) is 6.14. The molecule has 2 nitrogen and oxygen atoms in total. The molecule has 2 atom stereocenters. The Bertz CT molecular complexity index is 526. The van der Waals surface area contributed by atoms with Gasteiger partial charge in [-0.3, -0.25) is 9.97 Å². The van der Waals surface area contributed by atoms with Gasteiger partial charge in [-0.1, -0.05) is 32.4 Å². The molecule has 0 aliphatic rings. The minimum Gasteiger partial charge on any atom is -0.261 e. The molecule has 0 saturated carbocycles. The largest absolute Gasteiger partial charge is 0.261 e. The fraction of sp³-hybridized carbons (Fsp3) is 0.474. The zero-order chi connectivity index (χ0) is 15.2. The van der Waals surface area contributed by atoms with Gasteiger partial charge in [-0.15, -0.1) is 0 Å². The van der Waals surface area contributed by atoms with Gasteiger partial charge in [0.05, 0.1) is 0 Å². The SMILES string of the molecule is Cc1cccnc1C(C)CCCC(C)c1ncccc1C. The predicted octanol–water partition coefficient (Wildman–Crippen LogP) is 5.17. The van der Waals surface area contributed by atoms with E-state index >= 15 is 0 Å². The first-order valence-corrected chi connectivity index (χ1v) is 7.92. The molecule has 0 radical (unpaired) electrons. The molecule has 0 fully saturated rings. The molecule has 2 aromatic heterocycles. The van der Waals surface area contributed by atoms with Crippen LogP contribution in [0.3, 0.4) is 0 Å². The van der Waals surface area contributed by atoms with Crippen LogP contribution >= 0.6 is 0 Å². The summed E-state index contributed by atoms with van der Waals surface area (Å²) in [6.45, 7) is 8.87. The fourth-order valence-corrected chi connectivity index (χ4v) is 3.03. The molecule has 0 amide bonds. The molecular formula is C19H26N2. The molecular weight excluding hydrogens is 256 g/mol. The monoisotopic (exact) mass is 282 g/mol. The molecule has 0 spiro atoms. The molecule has 2 unspecified atom stereocenters. The molecule has 2 aromatic rings. The van der Waals surface area contributed by atoms with E-state index in [1.165, 1.54) is 41.8 Å². The summed E-state index contributed by atoms with van der Waals surface area (Å²) < 4.78 is 0. The highest BCUT2D eigenvalue weighted by molar-refractivity contribution is 5.22. The van der Waals surface area contributed by atoms with E-state index in [4.69, 9.17) is 0 Å². The number of hydrogen-bond acceptors (Lipinski definition) is 2. The number of rotatable bonds is 6. The van der Waals surface area contributed by atoms with Crippen LogP contribution in [0.15, 0.2) is 36.7 Å². The van der Waals surface area contributed by atoms with Crippen molar-refractivity contribution >= 4 is 0 Å². The zero-order valence-corrected chi connectivity index (χ0v) is 13.6. The summed E-state index contributed by atoms with van der Waals surface area (Å²) in [4.78, 5) is 9.07. The van der Waals surface area contributed by atoms with E-state index < -0.39 is 0 Å². The Balaban J connectivity index is 1.87. The van der Waals surface area contributed by atoms with Gasteiger partial charge in [0.15, 0.2) is 0 Å². The second-order valence-electron chi connectivity index (χ2n) is 6.14. The Hall–Kier alpha value is -1.70. The smallest absolute Gasteiger partial charge is 0.0460 e. The molecule has 0 aliphatic heterocycles. The molecule has 0 saturated heterocycles. The van der Waals surface area contributed by atoms with Crippen molar-refractivity contribution in [2.24, 2.45) is 0 Å². The predicted molar refractivity (Wildman–Crippen MR) is 88.6 cm³/mol. The van der Waals surface area contributed by atoms with E-state index in [-0.39, 0.29) is 0 Å². The highest BCUT2D eigenvalue weighted by Gasteiger charge is 2.13. The summed E-state index contributed by atoms with van der Waals surface area (Å²) in [5.74, 6) is 1.06. The number of aryl methyl sites for hydroxylation is 2.